The van der Waals surface area contributed by atoms with Crippen LogP contribution in [-0.2, 0) is 5.51 Å². The summed E-state index contributed by atoms with van der Waals surface area (Å²) in [5.41, 5.74) is -3.28. The normalized spacial score (nSPS) is 13.5. The molecule has 0 saturated heterocycles. The van der Waals surface area contributed by atoms with Crippen molar-refractivity contribution in [2.45, 2.75) is 19.4 Å². The molecule has 80 valence electrons. The maximum absolute atomic E-state index is 12.8. The Kier molecular flexibility index (Phi) is 2.26. The highest BCUT2D eigenvalue weighted by atomic mass is 32.2. The quantitative estimate of drug-likeness (QED) is 0.577. The number of halogens is 3. The molecule has 0 spiro atoms. The molecule has 0 bridgehead atoms. The van der Waals surface area contributed by atoms with Crippen LogP contribution < -0.4 is 0 Å². The van der Waals surface area contributed by atoms with Crippen LogP contribution in [0, 0.1) is 13.8 Å². The third-order valence-corrected chi connectivity index (χ3v) is 4.32. The van der Waals surface area contributed by atoms with E-state index in [1.807, 2.05) is 13.0 Å². The van der Waals surface area contributed by atoms with E-state index >= 15 is 0 Å². The molecular weight excluding hydrogens is 221 g/mol. The van der Waals surface area contributed by atoms with Crippen LogP contribution in [0.25, 0.3) is 10.1 Å². The number of hydrogen-bond donors (Lipinski definition) is 0. The lowest BCUT2D eigenvalue weighted by Crippen LogP contribution is -1.96. The van der Waals surface area contributed by atoms with Crippen molar-refractivity contribution < 1.29 is 13.2 Å². The van der Waals surface area contributed by atoms with Gasteiger partial charge in [0.05, 0.1) is 10.5 Å². The zero-order chi connectivity index (χ0) is 11.2. The Morgan fingerprint density at radius 1 is 1.07 bits per heavy atom. The molecule has 1 aromatic carbocycles. The van der Waals surface area contributed by atoms with Gasteiger partial charge in [-0.2, -0.15) is 0 Å². The Morgan fingerprint density at radius 3 is 2.33 bits per heavy atom. The predicted octanol–water partition coefficient (Wildman–Crippen LogP) is 4.68. The first-order valence-electron chi connectivity index (χ1n) is 4.49. The average Bonchev–Trinajstić information content (AvgIpc) is 2.38. The molecule has 0 saturated carbocycles. The van der Waals surface area contributed by atoms with Gasteiger partial charge < -0.3 is 0 Å². The lowest BCUT2D eigenvalue weighted by atomic mass is 10.2. The van der Waals surface area contributed by atoms with Gasteiger partial charge in [0.2, 0.25) is 0 Å². The monoisotopic (exact) mass is 231 g/mol. The first-order chi connectivity index (χ1) is 6.89. The van der Waals surface area contributed by atoms with Crippen molar-refractivity contribution in [3.8, 4) is 0 Å². The molecule has 4 heteroatoms. The molecule has 0 aliphatic heterocycles. The smallest absolute Gasteiger partial charge is 0.118 e. The third kappa shape index (κ3) is 1.74. The molecule has 0 aliphatic rings. The van der Waals surface area contributed by atoms with Crippen LogP contribution in [0.4, 0.5) is 13.2 Å². The molecule has 0 aliphatic carbocycles. The van der Waals surface area contributed by atoms with E-state index in [2.05, 4.69) is 0 Å². The number of benzene rings is 1. The van der Waals surface area contributed by atoms with Crippen molar-refractivity contribution in [3.05, 3.63) is 34.7 Å². The predicted molar refractivity (Wildman–Crippen MR) is 57.2 cm³/mol. The van der Waals surface area contributed by atoms with Gasteiger partial charge in [0, 0.05) is 24.4 Å². The van der Waals surface area contributed by atoms with Gasteiger partial charge in [-0.1, -0.05) is 6.07 Å². The molecule has 1 unspecified atom stereocenters. The van der Waals surface area contributed by atoms with E-state index in [4.69, 9.17) is 0 Å². The van der Waals surface area contributed by atoms with E-state index in [0.29, 0.717) is 15.0 Å². The van der Waals surface area contributed by atoms with Gasteiger partial charge in [0.15, 0.2) is 9.58 Å². The topological polar surface area (TPSA) is 0 Å². The lowest BCUT2D eigenvalue weighted by molar-refractivity contribution is -0.0867. The zero-order valence-corrected chi connectivity index (χ0v) is 9.17. The first-order valence-corrected chi connectivity index (χ1v) is 5.72. The van der Waals surface area contributed by atoms with E-state index in [1.165, 1.54) is 0 Å². The van der Waals surface area contributed by atoms with Gasteiger partial charge in [0.1, 0.15) is 0 Å². The van der Waals surface area contributed by atoms with Crippen LogP contribution in [0.3, 0.4) is 0 Å². The second kappa shape index (κ2) is 3.23. The van der Waals surface area contributed by atoms with Gasteiger partial charge in [-0.05, 0) is 18.6 Å². The molecule has 0 radical (unpaired) electrons. The number of fused-ring (bicyclic) bond motifs is 1. The molecule has 1 heterocycles. The third-order valence-electron chi connectivity index (χ3n) is 2.30. The van der Waals surface area contributed by atoms with Crippen molar-refractivity contribution >= 4 is 20.6 Å². The number of thiophene rings is 1. The van der Waals surface area contributed by atoms with Crippen molar-refractivity contribution in [1.29, 1.82) is 0 Å². The molecule has 0 amide bonds. The Bertz CT molecular complexity index is 508. The van der Waals surface area contributed by atoms with Gasteiger partial charge in [-0.3, -0.25) is 0 Å². The summed E-state index contributed by atoms with van der Waals surface area (Å²) < 4.78 is 38.8. The van der Waals surface area contributed by atoms with Gasteiger partial charge in [0.25, 0.3) is 0 Å². The highest BCUT2D eigenvalue weighted by Crippen LogP contribution is 2.50. The number of hydrogen-bond acceptors (Lipinski definition) is 0. The molecule has 0 N–H and O–H groups in total. The number of aryl methyl sites for hydroxylation is 2. The molecule has 0 fully saturated rings. The van der Waals surface area contributed by atoms with Gasteiger partial charge >= 0.3 is 5.51 Å². The molecular formula is C11H10F3S+. The van der Waals surface area contributed by atoms with Gasteiger partial charge in [-0.15, -0.1) is 13.2 Å². The van der Waals surface area contributed by atoms with Crippen molar-refractivity contribution in [2.24, 2.45) is 0 Å². The molecule has 15 heavy (non-hydrogen) atoms. The Labute approximate surface area is 88.3 Å². The van der Waals surface area contributed by atoms with Gasteiger partial charge in [-0.25, -0.2) is 0 Å². The SMILES string of the molecule is Cc1ccc2cc(C)[s+](C(F)(F)F)c2c1. The summed E-state index contributed by atoms with van der Waals surface area (Å²) in [6.07, 6.45) is 0. The standard InChI is InChI=1S/C11H10F3S/c1-7-3-4-9-6-8(2)15(10(9)5-7)11(12,13)14/h3-6H,1-2H3/q+1. The maximum atomic E-state index is 12.8. The van der Waals surface area contributed by atoms with Crippen LogP contribution in [0.2, 0.25) is 0 Å². The Morgan fingerprint density at radius 2 is 1.73 bits per heavy atom. The fourth-order valence-electron chi connectivity index (χ4n) is 1.70. The second-order valence-electron chi connectivity index (χ2n) is 3.55. The summed E-state index contributed by atoms with van der Waals surface area (Å²) in [6.45, 7) is 3.36. The highest BCUT2D eigenvalue weighted by molar-refractivity contribution is 7.38. The summed E-state index contributed by atoms with van der Waals surface area (Å²) in [5, 5.41) is 0.707. The summed E-state index contributed by atoms with van der Waals surface area (Å²) in [6, 6.07) is 6.86. The average molecular weight is 231 g/mol. The summed E-state index contributed by atoms with van der Waals surface area (Å²) >= 11 is 0. The Hall–Kier alpha value is -1.03. The molecule has 0 nitrogen and oxygen atoms in total. The van der Waals surface area contributed by atoms with Crippen LogP contribution in [-0.4, -0.2) is 0 Å². The zero-order valence-electron chi connectivity index (χ0n) is 8.35. The maximum Gasteiger partial charge on any atom is 0.600 e. The van der Waals surface area contributed by atoms with Crippen LogP contribution in [0.1, 0.15) is 10.4 Å². The second-order valence-corrected chi connectivity index (χ2v) is 5.71. The fourth-order valence-corrected chi connectivity index (χ4v) is 3.57. The van der Waals surface area contributed by atoms with E-state index < -0.39 is 16.0 Å². The number of rotatable bonds is 0. The molecule has 2 aromatic rings. The fraction of sp³-hybridized carbons (Fsp3) is 0.273. The van der Waals surface area contributed by atoms with Crippen LogP contribution in [0.15, 0.2) is 24.3 Å². The van der Waals surface area contributed by atoms with Crippen molar-refractivity contribution in [1.82, 2.24) is 0 Å². The van der Waals surface area contributed by atoms with Crippen LogP contribution in [0.5, 0.6) is 0 Å². The van der Waals surface area contributed by atoms with Crippen molar-refractivity contribution in [3.63, 3.8) is 0 Å². The minimum absolute atomic E-state index is 0.406. The number of alkyl halides is 3. The van der Waals surface area contributed by atoms with E-state index in [9.17, 15) is 13.2 Å². The lowest BCUT2D eigenvalue weighted by Gasteiger charge is -1.97. The molecule has 2 rings (SSSR count). The molecule has 1 aromatic heterocycles. The van der Waals surface area contributed by atoms with E-state index in [1.54, 1.807) is 25.1 Å². The van der Waals surface area contributed by atoms with E-state index in [-0.39, 0.29) is 0 Å². The van der Waals surface area contributed by atoms with Crippen LogP contribution >= 0.6 is 10.5 Å². The summed E-state index contributed by atoms with van der Waals surface area (Å²) in [7, 11) is -1.71. The van der Waals surface area contributed by atoms with E-state index in [0.717, 1.165) is 5.56 Å². The Balaban J connectivity index is 2.82. The highest BCUT2D eigenvalue weighted by Gasteiger charge is 2.46. The largest absolute Gasteiger partial charge is 0.600 e. The van der Waals surface area contributed by atoms with Crippen molar-refractivity contribution in [2.75, 3.05) is 0 Å². The summed E-state index contributed by atoms with van der Waals surface area (Å²) in [5.74, 6) is 0. The molecule has 1 atom stereocenters. The first kappa shape index (κ1) is 10.5. The minimum Gasteiger partial charge on any atom is -0.118 e. The minimum atomic E-state index is -4.15. The summed E-state index contributed by atoms with van der Waals surface area (Å²) in [4.78, 5) is 0.406.